The fraction of sp³-hybridized carbons (Fsp3) is 0.167. The number of amides is 2. The normalized spacial score (nSPS) is 10.6. The minimum absolute atomic E-state index is 0.305. The van der Waals surface area contributed by atoms with Crippen LogP contribution in [0.25, 0.3) is 0 Å². The van der Waals surface area contributed by atoms with Crippen molar-refractivity contribution >= 4 is 29.4 Å². The minimum Gasteiger partial charge on any atom is -0.502 e. The van der Waals surface area contributed by atoms with Gasteiger partial charge in [0.25, 0.3) is 0 Å². The molecule has 0 aromatic heterocycles. The molecule has 27 heavy (non-hydrogen) atoms. The highest BCUT2D eigenvalue weighted by Crippen LogP contribution is 2.25. The van der Waals surface area contributed by atoms with Crippen LogP contribution < -0.4 is 10.7 Å². The third-order valence-electron chi connectivity index (χ3n) is 3.58. The topological polar surface area (TPSA) is 134 Å². The summed E-state index contributed by atoms with van der Waals surface area (Å²) in [5.41, 5.74) is 4.57. The lowest BCUT2D eigenvalue weighted by atomic mass is 10.1. The lowest BCUT2D eigenvalue weighted by molar-refractivity contribution is -0.385. The molecule has 3 N–H and O–H groups in total. The summed E-state index contributed by atoms with van der Waals surface area (Å²) in [6, 6.07) is 9.18. The van der Waals surface area contributed by atoms with Gasteiger partial charge in [0.15, 0.2) is 5.75 Å². The van der Waals surface area contributed by atoms with Crippen LogP contribution in [0.15, 0.2) is 41.5 Å². The van der Waals surface area contributed by atoms with Crippen LogP contribution in [-0.2, 0) is 9.59 Å². The van der Waals surface area contributed by atoms with Crippen LogP contribution in [-0.4, -0.2) is 28.1 Å². The van der Waals surface area contributed by atoms with Crippen molar-refractivity contribution in [2.75, 3.05) is 5.32 Å². The summed E-state index contributed by atoms with van der Waals surface area (Å²) in [4.78, 5) is 33.7. The number of hydrazone groups is 1. The Morgan fingerprint density at radius 2 is 1.93 bits per heavy atom. The molecule has 0 heterocycles. The number of nitro benzene ring substituents is 1. The first-order chi connectivity index (χ1) is 12.8. The average molecular weight is 370 g/mol. The van der Waals surface area contributed by atoms with E-state index in [1.54, 1.807) is 6.07 Å². The van der Waals surface area contributed by atoms with Crippen molar-refractivity contribution in [2.45, 2.75) is 20.3 Å². The van der Waals surface area contributed by atoms with Crippen LogP contribution in [0.3, 0.4) is 0 Å². The molecule has 0 saturated heterocycles. The Balaban J connectivity index is 1.90. The second-order valence-corrected chi connectivity index (χ2v) is 5.84. The number of hydrogen-bond donors (Lipinski definition) is 3. The highest BCUT2D eigenvalue weighted by atomic mass is 16.6. The minimum atomic E-state index is -0.733. The molecule has 0 aliphatic carbocycles. The molecule has 0 unspecified atom stereocenters. The van der Waals surface area contributed by atoms with Gasteiger partial charge in [0.05, 0.1) is 11.1 Å². The quantitative estimate of drug-likeness (QED) is 0.311. The monoisotopic (exact) mass is 370 g/mol. The van der Waals surface area contributed by atoms with Gasteiger partial charge in [0, 0.05) is 17.3 Å². The maximum Gasteiger partial charge on any atom is 0.311 e. The second kappa shape index (κ2) is 8.56. The molecule has 0 spiro atoms. The molecule has 0 fully saturated rings. The number of carbonyl (C=O) groups excluding carboxylic acids is 2. The lowest BCUT2D eigenvalue weighted by Crippen LogP contribution is -2.24. The number of hydrogen-bond acceptors (Lipinski definition) is 6. The molecule has 140 valence electrons. The van der Waals surface area contributed by atoms with E-state index in [2.05, 4.69) is 15.8 Å². The maximum absolute atomic E-state index is 11.9. The zero-order valence-corrected chi connectivity index (χ0v) is 14.7. The smallest absolute Gasteiger partial charge is 0.311 e. The largest absolute Gasteiger partial charge is 0.502 e. The summed E-state index contributed by atoms with van der Waals surface area (Å²) in [5, 5.41) is 26.4. The van der Waals surface area contributed by atoms with E-state index in [1.165, 1.54) is 12.3 Å². The van der Waals surface area contributed by atoms with E-state index in [0.29, 0.717) is 11.3 Å². The van der Waals surface area contributed by atoms with Gasteiger partial charge in [-0.2, -0.15) is 5.10 Å². The molecule has 0 aliphatic rings. The molecule has 0 radical (unpaired) electrons. The molecule has 2 aromatic carbocycles. The van der Waals surface area contributed by atoms with E-state index >= 15 is 0 Å². The van der Waals surface area contributed by atoms with Gasteiger partial charge in [-0.1, -0.05) is 17.7 Å². The molecule has 9 nitrogen and oxygen atoms in total. The van der Waals surface area contributed by atoms with Crippen LogP contribution in [0.4, 0.5) is 11.4 Å². The van der Waals surface area contributed by atoms with E-state index in [0.717, 1.165) is 23.3 Å². The number of carbonyl (C=O) groups is 2. The van der Waals surface area contributed by atoms with Crippen molar-refractivity contribution in [1.82, 2.24) is 5.43 Å². The lowest BCUT2D eigenvalue weighted by Gasteiger charge is -2.08. The molecule has 0 atom stereocenters. The van der Waals surface area contributed by atoms with Gasteiger partial charge < -0.3 is 10.4 Å². The predicted octanol–water partition coefficient (Wildman–Crippen LogP) is 2.40. The zero-order valence-electron chi connectivity index (χ0n) is 14.7. The number of aryl methyl sites for hydroxylation is 2. The number of nitrogens with zero attached hydrogens (tertiary/aromatic N) is 2. The molecule has 0 bridgehead atoms. The molecule has 0 aliphatic heterocycles. The van der Waals surface area contributed by atoms with Gasteiger partial charge in [-0.05, 0) is 37.6 Å². The second-order valence-electron chi connectivity index (χ2n) is 5.84. The number of nitrogens with one attached hydrogen (secondary N) is 2. The van der Waals surface area contributed by atoms with E-state index in [4.69, 9.17) is 0 Å². The van der Waals surface area contributed by atoms with Crippen LogP contribution in [0.2, 0.25) is 0 Å². The van der Waals surface area contributed by atoms with Crippen LogP contribution in [0.1, 0.15) is 23.1 Å². The maximum atomic E-state index is 11.9. The van der Waals surface area contributed by atoms with Crippen LogP contribution in [0, 0.1) is 24.0 Å². The third-order valence-corrected chi connectivity index (χ3v) is 3.58. The van der Waals surface area contributed by atoms with Gasteiger partial charge in [-0.3, -0.25) is 19.7 Å². The van der Waals surface area contributed by atoms with Crippen molar-refractivity contribution in [1.29, 1.82) is 0 Å². The first kappa shape index (κ1) is 19.6. The van der Waals surface area contributed by atoms with Crippen LogP contribution >= 0.6 is 0 Å². The number of aromatic hydroxyl groups is 1. The summed E-state index contributed by atoms with van der Waals surface area (Å²) in [6.07, 6.45) is 0.743. The molecular weight excluding hydrogens is 352 g/mol. The van der Waals surface area contributed by atoms with Gasteiger partial charge in [-0.15, -0.1) is 0 Å². The van der Waals surface area contributed by atoms with Gasteiger partial charge in [0.1, 0.15) is 6.42 Å². The van der Waals surface area contributed by atoms with Gasteiger partial charge in [-0.25, -0.2) is 5.43 Å². The summed E-state index contributed by atoms with van der Waals surface area (Å²) in [7, 11) is 0. The number of nitro groups is 1. The Bertz CT molecular complexity index is 924. The van der Waals surface area contributed by atoms with Crippen molar-refractivity contribution in [2.24, 2.45) is 5.10 Å². The summed E-state index contributed by atoms with van der Waals surface area (Å²) < 4.78 is 0. The molecule has 2 amide bonds. The Kier molecular flexibility index (Phi) is 6.21. The molecular formula is C18H18N4O5. The Labute approximate surface area is 154 Å². The van der Waals surface area contributed by atoms with E-state index in [1.807, 2.05) is 26.0 Å². The SMILES string of the molecule is Cc1ccc(NC(=O)CC(=O)NN=Cc2ccc(O)c([N+](=O)[O-])c2)c(C)c1. The standard InChI is InChI=1S/C18H18N4O5/c1-11-3-5-14(12(2)7-11)20-17(24)9-18(25)21-19-10-13-4-6-16(23)15(8-13)22(26)27/h3-8,10,23H,9H2,1-2H3,(H,20,24)(H,21,25). The first-order valence-electron chi connectivity index (χ1n) is 7.92. The Morgan fingerprint density at radius 3 is 2.59 bits per heavy atom. The van der Waals surface area contributed by atoms with Crippen molar-refractivity contribution in [3.05, 3.63) is 63.2 Å². The van der Waals surface area contributed by atoms with Crippen LogP contribution in [0.5, 0.6) is 5.75 Å². The number of phenols is 1. The highest BCUT2D eigenvalue weighted by molar-refractivity contribution is 6.04. The van der Waals surface area contributed by atoms with E-state index < -0.39 is 34.6 Å². The van der Waals surface area contributed by atoms with Crippen molar-refractivity contribution in [3.8, 4) is 5.75 Å². The van der Waals surface area contributed by atoms with Gasteiger partial charge >= 0.3 is 5.69 Å². The number of phenolic OH excluding ortho intramolecular Hbond substituents is 1. The predicted molar refractivity (Wildman–Crippen MR) is 99.7 cm³/mol. The number of benzene rings is 2. The Morgan fingerprint density at radius 1 is 1.19 bits per heavy atom. The number of rotatable bonds is 6. The van der Waals surface area contributed by atoms with Crippen molar-refractivity contribution < 1.29 is 19.6 Å². The summed E-state index contributed by atoms with van der Waals surface area (Å²) in [6.45, 7) is 3.79. The van der Waals surface area contributed by atoms with Gasteiger partial charge in [0.2, 0.25) is 11.8 Å². The fourth-order valence-electron chi connectivity index (χ4n) is 2.28. The average Bonchev–Trinajstić information content (AvgIpc) is 2.58. The molecule has 2 rings (SSSR count). The molecule has 0 saturated carbocycles. The first-order valence-corrected chi connectivity index (χ1v) is 7.92. The van der Waals surface area contributed by atoms with Crippen molar-refractivity contribution in [3.63, 3.8) is 0 Å². The van der Waals surface area contributed by atoms with E-state index in [9.17, 15) is 24.8 Å². The summed E-state index contributed by atoms with van der Waals surface area (Å²) >= 11 is 0. The zero-order chi connectivity index (χ0) is 20.0. The number of anilines is 1. The third kappa shape index (κ3) is 5.63. The highest BCUT2D eigenvalue weighted by Gasteiger charge is 2.13. The summed E-state index contributed by atoms with van der Waals surface area (Å²) in [5.74, 6) is -1.60. The molecule has 2 aromatic rings. The Hall–Kier alpha value is -3.75. The fourth-order valence-corrected chi connectivity index (χ4v) is 2.28. The van der Waals surface area contributed by atoms with E-state index in [-0.39, 0.29) is 0 Å². The molecule has 9 heteroatoms.